The number of hydrogen-bond acceptors (Lipinski definition) is 2. The first-order valence-corrected chi connectivity index (χ1v) is 7.07. The van der Waals surface area contributed by atoms with Crippen molar-refractivity contribution in [1.82, 2.24) is 9.88 Å². The molecule has 3 nitrogen and oxygen atoms in total. The molecule has 0 aliphatic carbocycles. The molecule has 1 saturated heterocycles. The second kappa shape index (κ2) is 4.66. The Kier molecular flexibility index (Phi) is 3.11. The van der Waals surface area contributed by atoms with Crippen molar-refractivity contribution in [2.45, 2.75) is 38.3 Å². The molecule has 3 rings (SSSR count). The maximum Gasteiger partial charge on any atom is 0.0730 e. The molecule has 3 heteroatoms. The van der Waals surface area contributed by atoms with Crippen molar-refractivity contribution >= 4 is 10.9 Å². The number of para-hydroxylation sites is 1. The first kappa shape index (κ1) is 12.7. The maximum absolute atomic E-state index is 10.0. The number of aromatic amines is 1. The number of nitrogens with one attached hydrogen (secondary N) is 1. The van der Waals surface area contributed by atoms with E-state index in [1.54, 1.807) is 0 Å². The van der Waals surface area contributed by atoms with Crippen LogP contribution in [0.15, 0.2) is 30.5 Å². The summed E-state index contributed by atoms with van der Waals surface area (Å²) in [4.78, 5) is 5.73. The third kappa shape index (κ3) is 2.17. The van der Waals surface area contributed by atoms with Gasteiger partial charge in [0, 0.05) is 35.7 Å². The Balaban J connectivity index is 1.73. The van der Waals surface area contributed by atoms with E-state index in [2.05, 4.69) is 54.2 Å². The van der Waals surface area contributed by atoms with Crippen LogP contribution >= 0.6 is 0 Å². The zero-order chi connectivity index (χ0) is 13.5. The highest BCUT2D eigenvalue weighted by Crippen LogP contribution is 2.29. The SMILES string of the molecule is CC1(C)C(O)CCN1CCc1c[nH]c2ccccc12. The Labute approximate surface area is 114 Å². The highest BCUT2D eigenvalue weighted by Gasteiger charge is 2.39. The van der Waals surface area contributed by atoms with E-state index in [9.17, 15) is 5.11 Å². The van der Waals surface area contributed by atoms with E-state index < -0.39 is 0 Å². The molecule has 1 aliphatic rings. The maximum atomic E-state index is 10.0. The predicted octanol–water partition coefficient (Wildman–Crippen LogP) is 2.56. The van der Waals surface area contributed by atoms with Gasteiger partial charge in [-0.2, -0.15) is 0 Å². The molecule has 0 saturated carbocycles. The van der Waals surface area contributed by atoms with E-state index >= 15 is 0 Å². The number of hydrogen-bond donors (Lipinski definition) is 2. The smallest absolute Gasteiger partial charge is 0.0730 e. The van der Waals surface area contributed by atoms with E-state index in [0.29, 0.717) is 0 Å². The summed E-state index contributed by atoms with van der Waals surface area (Å²) in [6, 6.07) is 8.43. The number of likely N-dealkylation sites (tertiary alicyclic amines) is 1. The number of benzene rings is 1. The van der Waals surface area contributed by atoms with Crippen molar-refractivity contribution < 1.29 is 5.11 Å². The molecule has 0 amide bonds. The summed E-state index contributed by atoms with van der Waals surface area (Å²) in [6.07, 6.45) is 3.83. The van der Waals surface area contributed by atoms with Crippen LogP contribution in [0.5, 0.6) is 0 Å². The van der Waals surface area contributed by atoms with Crippen LogP contribution < -0.4 is 0 Å². The summed E-state index contributed by atoms with van der Waals surface area (Å²) in [5, 5.41) is 11.3. The van der Waals surface area contributed by atoms with Crippen LogP contribution in [0.2, 0.25) is 0 Å². The van der Waals surface area contributed by atoms with Crippen LogP contribution in [0.3, 0.4) is 0 Å². The normalized spacial score (nSPS) is 23.2. The molecular formula is C16H22N2O. The minimum atomic E-state index is -0.199. The number of aliphatic hydroxyl groups is 1. The lowest BCUT2D eigenvalue weighted by molar-refractivity contribution is 0.0553. The van der Waals surface area contributed by atoms with Gasteiger partial charge in [0.05, 0.1) is 6.10 Å². The standard InChI is InChI=1S/C16H22N2O/c1-16(2)15(19)8-10-18(16)9-7-12-11-17-14-6-4-3-5-13(12)14/h3-6,11,15,17,19H,7-10H2,1-2H3. The van der Waals surface area contributed by atoms with Gasteiger partial charge in [0.1, 0.15) is 0 Å². The lowest BCUT2D eigenvalue weighted by Gasteiger charge is -2.33. The van der Waals surface area contributed by atoms with Crippen molar-refractivity contribution in [3.8, 4) is 0 Å². The molecule has 1 unspecified atom stereocenters. The van der Waals surface area contributed by atoms with E-state index in [0.717, 1.165) is 25.9 Å². The van der Waals surface area contributed by atoms with Gasteiger partial charge in [0.25, 0.3) is 0 Å². The molecule has 1 aliphatic heterocycles. The quantitative estimate of drug-likeness (QED) is 0.888. The lowest BCUT2D eigenvalue weighted by Crippen LogP contribution is -2.45. The molecule has 2 N–H and O–H groups in total. The summed E-state index contributed by atoms with van der Waals surface area (Å²) < 4.78 is 0. The fourth-order valence-electron chi connectivity index (χ4n) is 3.12. The number of nitrogens with zero attached hydrogens (tertiary/aromatic N) is 1. The van der Waals surface area contributed by atoms with E-state index in [4.69, 9.17) is 0 Å². The van der Waals surface area contributed by atoms with Gasteiger partial charge >= 0.3 is 0 Å². The van der Waals surface area contributed by atoms with Crippen LogP contribution in [0.4, 0.5) is 0 Å². The molecule has 19 heavy (non-hydrogen) atoms. The molecule has 2 aromatic rings. The average Bonchev–Trinajstić information content (AvgIpc) is 2.91. The monoisotopic (exact) mass is 258 g/mol. The van der Waals surface area contributed by atoms with Gasteiger partial charge < -0.3 is 10.1 Å². The van der Waals surface area contributed by atoms with Crippen molar-refractivity contribution in [2.75, 3.05) is 13.1 Å². The van der Waals surface area contributed by atoms with Crippen molar-refractivity contribution in [2.24, 2.45) is 0 Å². The first-order valence-electron chi connectivity index (χ1n) is 7.07. The largest absolute Gasteiger partial charge is 0.391 e. The number of H-pyrrole nitrogens is 1. The molecular weight excluding hydrogens is 236 g/mol. The van der Waals surface area contributed by atoms with Gasteiger partial charge in [-0.05, 0) is 38.3 Å². The summed E-state index contributed by atoms with van der Waals surface area (Å²) in [6.45, 7) is 6.28. The highest BCUT2D eigenvalue weighted by atomic mass is 16.3. The topological polar surface area (TPSA) is 39.3 Å². The van der Waals surface area contributed by atoms with Crippen molar-refractivity contribution in [1.29, 1.82) is 0 Å². The summed E-state index contributed by atoms with van der Waals surface area (Å²) in [7, 11) is 0. The van der Waals surface area contributed by atoms with Crippen molar-refractivity contribution in [3.05, 3.63) is 36.0 Å². The summed E-state index contributed by atoms with van der Waals surface area (Å²) in [5.74, 6) is 0. The van der Waals surface area contributed by atoms with Crippen LogP contribution in [0.1, 0.15) is 25.8 Å². The molecule has 1 atom stereocenters. The third-order valence-corrected chi connectivity index (χ3v) is 4.63. The Morgan fingerprint density at radius 2 is 2.16 bits per heavy atom. The number of aliphatic hydroxyl groups excluding tert-OH is 1. The molecule has 2 heterocycles. The fourth-order valence-corrected chi connectivity index (χ4v) is 3.12. The lowest BCUT2D eigenvalue weighted by atomic mass is 9.98. The Bertz CT molecular complexity index is 573. The molecule has 1 aromatic carbocycles. The predicted molar refractivity (Wildman–Crippen MR) is 78.3 cm³/mol. The summed E-state index contributed by atoms with van der Waals surface area (Å²) in [5.41, 5.74) is 2.48. The molecule has 1 fully saturated rings. The van der Waals surface area contributed by atoms with Gasteiger partial charge in [-0.25, -0.2) is 0 Å². The van der Waals surface area contributed by atoms with E-state index in [-0.39, 0.29) is 11.6 Å². The van der Waals surface area contributed by atoms with Gasteiger partial charge in [-0.1, -0.05) is 18.2 Å². The zero-order valence-corrected chi connectivity index (χ0v) is 11.7. The van der Waals surface area contributed by atoms with Gasteiger partial charge in [0.15, 0.2) is 0 Å². The Morgan fingerprint density at radius 3 is 2.89 bits per heavy atom. The molecule has 102 valence electrons. The van der Waals surface area contributed by atoms with E-state index in [1.165, 1.54) is 16.5 Å². The van der Waals surface area contributed by atoms with Gasteiger partial charge in [-0.15, -0.1) is 0 Å². The third-order valence-electron chi connectivity index (χ3n) is 4.63. The molecule has 1 aromatic heterocycles. The van der Waals surface area contributed by atoms with Crippen LogP contribution in [0.25, 0.3) is 10.9 Å². The van der Waals surface area contributed by atoms with Crippen LogP contribution in [0, 0.1) is 0 Å². The number of fused-ring (bicyclic) bond motifs is 1. The zero-order valence-electron chi connectivity index (χ0n) is 11.7. The van der Waals surface area contributed by atoms with Crippen LogP contribution in [-0.4, -0.2) is 39.7 Å². The van der Waals surface area contributed by atoms with Gasteiger partial charge in [0.2, 0.25) is 0 Å². The molecule has 0 bridgehead atoms. The molecule has 0 radical (unpaired) electrons. The Morgan fingerprint density at radius 1 is 1.37 bits per heavy atom. The highest BCUT2D eigenvalue weighted by molar-refractivity contribution is 5.83. The average molecular weight is 258 g/mol. The Hall–Kier alpha value is -1.32. The number of aromatic nitrogens is 1. The second-order valence-electron chi connectivity index (χ2n) is 6.05. The minimum Gasteiger partial charge on any atom is -0.391 e. The van der Waals surface area contributed by atoms with E-state index in [1.807, 2.05) is 0 Å². The van der Waals surface area contributed by atoms with Gasteiger partial charge in [-0.3, -0.25) is 4.90 Å². The minimum absolute atomic E-state index is 0.0912. The van der Waals surface area contributed by atoms with Crippen molar-refractivity contribution in [3.63, 3.8) is 0 Å². The van der Waals surface area contributed by atoms with Crippen LogP contribution in [-0.2, 0) is 6.42 Å². The molecule has 0 spiro atoms. The second-order valence-corrected chi connectivity index (χ2v) is 6.05. The summed E-state index contributed by atoms with van der Waals surface area (Å²) >= 11 is 0. The first-order chi connectivity index (χ1) is 9.09. The fraction of sp³-hybridized carbons (Fsp3) is 0.500. The number of rotatable bonds is 3.